The maximum atomic E-state index is 2.51. The molecule has 2 aromatic heterocycles. The predicted octanol–water partition coefficient (Wildman–Crippen LogP) is 40.2. The summed E-state index contributed by atoms with van der Waals surface area (Å²) in [5.74, 6) is 0.427. The minimum absolute atomic E-state index is 0.0623. The highest BCUT2D eigenvalue weighted by atomic mass is 15.0. The zero-order valence-electron chi connectivity index (χ0n) is 84.2. The summed E-state index contributed by atoms with van der Waals surface area (Å²) in [5, 5.41) is 25.6. The van der Waals surface area contributed by atoms with Gasteiger partial charge in [-0.05, 0) is 388 Å². The summed E-state index contributed by atoms with van der Waals surface area (Å²) in [5.41, 5.74) is 42.3. The van der Waals surface area contributed by atoms with Crippen molar-refractivity contribution in [3.63, 3.8) is 0 Å². The standard InChI is InChI=1S/C49H34N2.C49H34.C48H38/c1-49(2)43-29-33(23-24-37(43)42-27-31-13-3-4-14-32(31)28-44(42)49)34-25-35(50-45-19-9-5-15-38(45)39-16-6-10-20-46(39)50)30-36(26-34)51-47-21-11-7-17-40(47)41-18-8-12-22-48(41)51;1-49(2)46-29-34-15-7-6-14-33(34)27-45(46)48-42-19-11-10-18-41(42)44(30-47(48)49)43-28-39(26-37-16-8-9-17-40(37)43)36-23-21-32-20-22-35(24-38(32)25-36)31-12-4-3-5-13-31;1-30(2)41-24-42(39-18-17-37-22-36(15-16-38(37)23-39)35-14-13-31-9-5-6-10-32(31)21-35)26-43(25-41)40-19-20-44-45-27-33-11-7-8-12-34(33)28-47(45)48(3,4)46(44)29-40/h3-30H,1-2H3;3-30H,1-2H3;5-30H,1-4H3. The first-order valence-electron chi connectivity index (χ1n) is 52.3. The molecule has 0 fully saturated rings. The molecule has 0 atom stereocenters. The van der Waals surface area contributed by atoms with Gasteiger partial charge in [0.1, 0.15) is 0 Å². The van der Waals surface area contributed by atoms with E-state index in [1.807, 2.05) is 0 Å². The van der Waals surface area contributed by atoms with Crippen LogP contribution in [0.5, 0.6) is 0 Å². The molecular formula is C146H106N2. The van der Waals surface area contributed by atoms with E-state index in [0.717, 1.165) is 11.4 Å². The van der Waals surface area contributed by atoms with Crippen molar-refractivity contribution in [1.29, 1.82) is 0 Å². The average Bonchev–Trinajstić information content (AvgIpc) is 1.63. The van der Waals surface area contributed by atoms with Crippen molar-refractivity contribution in [3.8, 4) is 123 Å². The fraction of sp³-hybridized carbons (Fsp3) is 0.0822. The smallest absolute Gasteiger partial charge is 0.0541 e. The van der Waals surface area contributed by atoms with E-state index in [2.05, 4.69) is 556 Å². The zero-order chi connectivity index (χ0) is 99.1. The zero-order valence-corrected chi connectivity index (χ0v) is 84.2. The van der Waals surface area contributed by atoms with Crippen LogP contribution in [0, 0.1) is 0 Å². The third-order valence-electron chi connectivity index (χ3n) is 33.2. The molecular weight excluding hydrogens is 1780 g/mol. The number of benzene rings is 25. The van der Waals surface area contributed by atoms with Gasteiger partial charge in [-0.1, -0.05) is 401 Å². The van der Waals surface area contributed by atoms with Crippen LogP contribution in [0.25, 0.3) is 252 Å². The van der Waals surface area contributed by atoms with E-state index < -0.39 is 0 Å². The van der Waals surface area contributed by atoms with E-state index in [4.69, 9.17) is 0 Å². The Bertz CT molecular complexity index is 10000. The van der Waals surface area contributed by atoms with Gasteiger partial charge >= 0.3 is 0 Å². The molecule has 0 saturated carbocycles. The first-order chi connectivity index (χ1) is 72.4. The molecule has 2 heteroatoms. The Kier molecular flexibility index (Phi) is 20.3. The second-order valence-corrected chi connectivity index (χ2v) is 43.2. The largest absolute Gasteiger partial charge is 0.309 e. The van der Waals surface area contributed by atoms with Crippen molar-refractivity contribution >= 4 is 130 Å². The Morgan fingerprint density at radius 1 is 0.155 bits per heavy atom. The van der Waals surface area contributed by atoms with Crippen LogP contribution in [-0.2, 0) is 16.2 Å². The van der Waals surface area contributed by atoms with Gasteiger partial charge in [-0.15, -0.1) is 0 Å². The fourth-order valence-corrected chi connectivity index (χ4v) is 25.3. The number of rotatable bonds is 10. The van der Waals surface area contributed by atoms with Crippen LogP contribution >= 0.6 is 0 Å². The molecule has 0 bridgehead atoms. The van der Waals surface area contributed by atoms with E-state index >= 15 is 0 Å². The Morgan fingerprint density at radius 2 is 0.446 bits per heavy atom. The minimum Gasteiger partial charge on any atom is -0.309 e. The molecule has 0 radical (unpaired) electrons. The lowest BCUT2D eigenvalue weighted by atomic mass is 9.79. The van der Waals surface area contributed by atoms with Crippen LogP contribution in [0.1, 0.15) is 100 Å². The lowest BCUT2D eigenvalue weighted by Gasteiger charge is -2.23. The van der Waals surface area contributed by atoms with Crippen LogP contribution in [0.15, 0.2) is 491 Å². The van der Waals surface area contributed by atoms with Gasteiger partial charge in [0, 0.05) is 49.2 Å². The molecule has 25 aromatic carbocycles. The summed E-state index contributed by atoms with van der Waals surface area (Å²) in [7, 11) is 0. The molecule has 30 rings (SSSR count). The Hall–Kier alpha value is -17.8. The highest BCUT2D eigenvalue weighted by molar-refractivity contribution is 6.16. The number of para-hydroxylation sites is 4. The van der Waals surface area contributed by atoms with Crippen LogP contribution in [0.3, 0.4) is 0 Å². The van der Waals surface area contributed by atoms with Crippen molar-refractivity contribution in [3.05, 3.63) is 530 Å². The van der Waals surface area contributed by atoms with Crippen LogP contribution in [0.2, 0.25) is 0 Å². The normalized spacial score (nSPS) is 13.4. The van der Waals surface area contributed by atoms with E-state index in [0.29, 0.717) is 5.92 Å². The van der Waals surface area contributed by atoms with Crippen molar-refractivity contribution in [2.24, 2.45) is 0 Å². The SMILES string of the molecule is CC(C)c1cc(-c2ccc3c(c2)C(C)(C)c2cc4ccccc4cc2-3)cc(-c2ccc3cc(-c4ccc5ccccc5c4)ccc3c2)c1.CC1(C)c2cc(-c3cc(-n4c5ccccc5c5ccccc54)cc(-n4c5ccccc5c5ccccc54)c3)ccc2-c2cc3ccccc3cc21.CC1(C)c2cc3ccccc3cc2-c2c1cc(-c1cc(-c3ccc4ccc(-c5ccccc5)cc4c3)cc3ccccc13)c1ccccc21. The third kappa shape index (κ3) is 14.4. The molecule has 2 nitrogen and oxygen atoms in total. The summed E-state index contributed by atoms with van der Waals surface area (Å²) in [6, 6.07) is 183. The molecule has 0 N–H and O–H groups in total. The van der Waals surface area contributed by atoms with Gasteiger partial charge < -0.3 is 9.13 Å². The number of nitrogens with zero attached hydrogens (tertiary/aromatic N) is 2. The van der Waals surface area contributed by atoms with Crippen molar-refractivity contribution in [2.45, 2.75) is 77.6 Å². The quantitative estimate of drug-likeness (QED) is 0.129. The number of hydrogen-bond acceptors (Lipinski definition) is 0. The first-order valence-corrected chi connectivity index (χ1v) is 52.3. The molecule has 0 saturated heterocycles. The van der Waals surface area contributed by atoms with E-state index in [1.165, 1.54) is 280 Å². The van der Waals surface area contributed by atoms with Crippen molar-refractivity contribution < 1.29 is 0 Å². The lowest BCUT2D eigenvalue weighted by molar-refractivity contribution is 0.661. The monoisotopic (exact) mass is 1890 g/mol. The molecule has 148 heavy (non-hydrogen) atoms. The van der Waals surface area contributed by atoms with Gasteiger partial charge in [0.2, 0.25) is 0 Å². The number of fused-ring (bicyclic) bond motifs is 24. The fourth-order valence-electron chi connectivity index (χ4n) is 25.3. The highest BCUT2D eigenvalue weighted by Gasteiger charge is 2.41. The van der Waals surface area contributed by atoms with E-state index in [-0.39, 0.29) is 16.2 Å². The Balaban J connectivity index is 0.000000107. The van der Waals surface area contributed by atoms with Crippen molar-refractivity contribution in [2.75, 3.05) is 0 Å². The summed E-state index contributed by atoms with van der Waals surface area (Å²) in [6.07, 6.45) is 0. The summed E-state index contributed by atoms with van der Waals surface area (Å²) >= 11 is 0. The average molecular weight is 1890 g/mol. The molecule has 3 aliphatic rings. The maximum absolute atomic E-state index is 2.51. The van der Waals surface area contributed by atoms with Crippen LogP contribution < -0.4 is 0 Å². The van der Waals surface area contributed by atoms with Gasteiger partial charge in [-0.25, -0.2) is 0 Å². The first kappa shape index (κ1) is 87.9. The van der Waals surface area contributed by atoms with Gasteiger partial charge in [-0.3, -0.25) is 0 Å². The molecule has 0 spiro atoms. The third-order valence-corrected chi connectivity index (χ3v) is 33.2. The highest BCUT2D eigenvalue weighted by Crippen LogP contribution is 2.58. The predicted molar refractivity (Wildman–Crippen MR) is 633 cm³/mol. The van der Waals surface area contributed by atoms with Crippen LogP contribution in [-0.4, -0.2) is 9.13 Å². The number of hydrogen-bond donors (Lipinski definition) is 0. The van der Waals surface area contributed by atoms with Gasteiger partial charge in [-0.2, -0.15) is 0 Å². The van der Waals surface area contributed by atoms with Crippen molar-refractivity contribution in [1.82, 2.24) is 9.13 Å². The molecule has 0 amide bonds. The van der Waals surface area contributed by atoms with E-state index in [9.17, 15) is 0 Å². The summed E-state index contributed by atoms with van der Waals surface area (Å²) in [4.78, 5) is 0. The van der Waals surface area contributed by atoms with Crippen LogP contribution in [0.4, 0.5) is 0 Å². The second kappa shape index (κ2) is 34.2. The van der Waals surface area contributed by atoms with E-state index in [1.54, 1.807) is 0 Å². The second-order valence-electron chi connectivity index (χ2n) is 43.2. The lowest BCUT2D eigenvalue weighted by Crippen LogP contribution is -2.15. The van der Waals surface area contributed by atoms with Gasteiger partial charge in [0.25, 0.3) is 0 Å². The molecule has 27 aromatic rings. The molecule has 3 aliphatic carbocycles. The van der Waals surface area contributed by atoms with Gasteiger partial charge in [0.15, 0.2) is 0 Å². The molecule has 2 heterocycles. The minimum atomic E-state index is -0.129. The van der Waals surface area contributed by atoms with Gasteiger partial charge in [0.05, 0.1) is 22.1 Å². The molecule has 0 unspecified atom stereocenters. The Morgan fingerprint density at radius 3 is 0.905 bits per heavy atom. The maximum Gasteiger partial charge on any atom is 0.0541 e. The molecule has 0 aliphatic heterocycles. The molecule has 700 valence electrons. The summed E-state index contributed by atoms with van der Waals surface area (Å²) < 4.78 is 4.90. The topological polar surface area (TPSA) is 9.86 Å². The number of aromatic nitrogens is 2. The Labute approximate surface area is 863 Å². The summed E-state index contributed by atoms with van der Waals surface area (Å²) in [6.45, 7) is 18.9.